The molecule has 0 aromatic rings. The number of aliphatic hydroxyl groups excluding tert-OH is 1. The van der Waals surface area contributed by atoms with E-state index >= 15 is 0 Å². The van der Waals surface area contributed by atoms with Gasteiger partial charge in [-0.25, -0.2) is 0 Å². The van der Waals surface area contributed by atoms with Crippen LogP contribution in [0.2, 0.25) is 0 Å². The third kappa shape index (κ3) is 1.27. The van der Waals surface area contributed by atoms with E-state index < -0.39 is 12.2 Å². The van der Waals surface area contributed by atoms with Crippen molar-refractivity contribution in [2.24, 2.45) is 5.73 Å². The van der Waals surface area contributed by atoms with Crippen molar-refractivity contribution in [1.82, 2.24) is 0 Å². The monoisotopic (exact) mass is 145 g/mol. The molecule has 3 atom stereocenters. The highest BCUT2D eigenvalue weighted by atomic mass is 16.6. The van der Waals surface area contributed by atoms with Crippen LogP contribution in [0, 0.1) is 0 Å². The van der Waals surface area contributed by atoms with E-state index in [4.69, 9.17) is 15.6 Å². The molecule has 0 bridgehead atoms. The van der Waals surface area contributed by atoms with E-state index in [1.54, 1.807) is 6.92 Å². The van der Waals surface area contributed by atoms with E-state index in [1.807, 2.05) is 0 Å². The molecule has 0 saturated carbocycles. The molecule has 1 heterocycles. The van der Waals surface area contributed by atoms with Gasteiger partial charge >= 0.3 is 5.97 Å². The predicted molar refractivity (Wildman–Crippen MR) is 34.2 cm³/mol. The second kappa shape index (κ2) is 2.56. The number of cyclic esters (lactones) is 1. The van der Waals surface area contributed by atoms with Crippen LogP contribution < -0.4 is 5.73 Å². The molecular weight excluding hydrogens is 134 g/mol. The largest absolute Gasteiger partial charge is 0.458 e. The predicted octanol–water partition coefficient (Wildman–Crippen LogP) is -0.990. The molecule has 0 aromatic heterocycles. The summed E-state index contributed by atoms with van der Waals surface area (Å²) in [4.78, 5) is 10.6. The van der Waals surface area contributed by atoms with E-state index in [9.17, 15) is 4.79 Å². The summed E-state index contributed by atoms with van der Waals surface area (Å²) in [6.45, 7) is 1.56. The topological polar surface area (TPSA) is 72.5 Å². The van der Waals surface area contributed by atoms with E-state index in [-0.39, 0.29) is 18.4 Å². The van der Waals surface area contributed by atoms with E-state index in [2.05, 4.69) is 0 Å². The molecule has 0 radical (unpaired) electrons. The highest BCUT2D eigenvalue weighted by Gasteiger charge is 2.34. The van der Waals surface area contributed by atoms with Gasteiger partial charge in [0, 0.05) is 0 Å². The standard InChI is InChI=1S/C6H11NO3/c1-3(8)6-4(7)2-5(9)10-6/h3-4,6,8H,2,7H2,1H3/t3-,4+,6+/m1/s1. The van der Waals surface area contributed by atoms with Crippen LogP contribution in [0.1, 0.15) is 13.3 Å². The Kier molecular flexibility index (Phi) is 1.92. The fourth-order valence-corrected chi connectivity index (χ4v) is 1.05. The number of carbonyl (C=O) groups excluding carboxylic acids is 1. The molecule has 10 heavy (non-hydrogen) atoms. The maximum atomic E-state index is 10.6. The Balaban J connectivity index is 2.54. The van der Waals surface area contributed by atoms with Crippen LogP contribution in [0.4, 0.5) is 0 Å². The zero-order chi connectivity index (χ0) is 7.72. The lowest BCUT2D eigenvalue weighted by molar-refractivity contribution is -0.145. The third-order valence-electron chi connectivity index (χ3n) is 1.57. The van der Waals surface area contributed by atoms with Crippen LogP contribution in [0.25, 0.3) is 0 Å². The van der Waals surface area contributed by atoms with Crippen molar-refractivity contribution in [3.05, 3.63) is 0 Å². The summed E-state index contributed by atoms with van der Waals surface area (Å²) < 4.78 is 4.72. The summed E-state index contributed by atoms with van der Waals surface area (Å²) in [7, 11) is 0. The lowest BCUT2D eigenvalue weighted by Gasteiger charge is -2.15. The fraction of sp³-hybridized carbons (Fsp3) is 0.833. The average molecular weight is 145 g/mol. The summed E-state index contributed by atoms with van der Waals surface area (Å²) >= 11 is 0. The molecule has 0 aromatic carbocycles. The van der Waals surface area contributed by atoms with Crippen molar-refractivity contribution in [2.75, 3.05) is 0 Å². The number of esters is 1. The van der Waals surface area contributed by atoms with Crippen LogP contribution in [-0.2, 0) is 9.53 Å². The Morgan fingerprint density at radius 2 is 2.50 bits per heavy atom. The highest BCUT2D eigenvalue weighted by molar-refractivity contribution is 5.72. The zero-order valence-electron chi connectivity index (χ0n) is 5.78. The van der Waals surface area contributed by atoms with Gasteiger partial charge in [-0.2, -0.15) is 0 Å². The van der Waals surface area contributed by atoms with Gasteiger partial charge in [0.2, 0.25) is 0 Å². The molecule has 1 aliphatic heterocycles. The maximum absolute atomic E-state index is 10.6. The number of rotatable bonds is 1. The van der Waals surface area contributed by atoms with Gasteiger partial charge in [-0.1, -0.05) is 0 Å². The number of hydrogen-bond donors (Lipinski definition) is 2. The van der Waals surface area contributed by atoms with Crippen molar-refractivity contribution < 1.29 is 14.6 Å². The minimum atomic E-state index is -0.665. The third-order valence-corrected chi connectivity index (χ3v) is 1.57. The average Bonchev–Trinajstić information content (AvgIpc) is 2.10. The van der Waals surface area contributed by atoms with Gasteiger partial charge in [-0.05, 0) is 6.92 Å². The van der Waals surface area contributed by atoms with Crippen molar-refractivity contribution in [1.29, 1.82) is 0 Å². The SMILES string of the molecule is C[C@@H](O)[C@@H]1OC(=O)C[C@@H]1N. The lowest BCUT2D eigenvalue weighted by Crippen LogP contribution is -2.38. The van der Waals surface area contributed by atoms with Gasteiger partial charge < -0.3 is 15.6 Å². The maximum Gasteiger partial charge on any atom is 0.307 e. The zero-order valence-corrected chi connectivity index (χ0v) is 5.78. The Labute approximate surface area is 59.0 Å². The van der Waals surface area contributed by atoms with Gasteiger partial charge in [0.15, 0.2) is 0 Å². The van der Waals surface area contributed by atoms with Gasteiger partial charge in [0.1, 0.15) is 6.10 Å². The van der Waals surface area contributed by atoms with E-state index in [1.165, 1.54) is 0 Å². The van der Waals surface area contributed by atoms with Gasteiger partial charge in [0.25, 0.3) is 0 Å². The quantitative estimate of drug-likeness (QED) is 0.465. The molecule has 3 N–H and O–H groups in total. The summed E-state index contributed by atoms with van der Waals surface area (Å²) in [6, 6.07) is -0.340. The molecule has 1 saturated heterocycles. The number of nitrogens with two attached hydrogens (primary N) is 1. The Morgan fingerprint density at radius 1 is 1.90 bits per heavy atom. The number of ether oxygens (including phenoxy) is 1. The summed E-state index contributed by atoms with van der Waals surface area (Å²) in [5, 5.41) is 8.98. The lowest BCUT2D eigenvalue weighted by atomic mass is 10.1. The molecule has 58 valence electrons. The molecule has 4 nitrogen and oxygen atoms in total. The second-order valence-corrected chi connectivity index (χ2v) is 2.56. The van der Waals surface area contributed by atoms with Crippen LogP contribution in [0.5, 0.6) is 0 Å². The first-order valence-corrected chi connectivity index (χ1v) is 3.24. The summed E-state index contributed by atoms with van der Waals surface area (Å²) in [6.07, 6.45) is -0.954. The van der Waals surface area contributed by atoms with Crippen molar-refractivity contribution in [2.45, 2.75) is 31.6 Å². The number of carbonyl (C=O) groups is 1. The second-order valence-electron chi connectivity index (χ2n) is 2.56. The minimum Gasteiger partial charge on any atom is -0.458 e. The summed E-state index contributed by atoms with van der Waals surface area (Å²) in [5.41, 5.74) is 5.46. The van der Waals surface area contributed by atoms with Crippen molar-refractivity contribution >= 4 is 5.97 Å². The molecule has 1 fully saturated rings. The molecule has 1 aliphatic rings. The van der Waals surface area contributed by atoms with Gasteiger partial charge in [-0.15, -0.1) is 0 Å². The molecule has 4 heteroatoms. The smallest absolute Gasteiger partial charge is 0.307 e. The molecule has 0 spiro atoms. The molecule has 0 unspecified atom stereocenters. The number of hydrogen-bond acceptors (Lipinski definition) is 4. The Bertz CT molecular complexity index is 146. The molecule has 1 rings (SSSR count). The summed E-state index contributed by atoms with van der Waals surface area (Å²) in [5.74, 6) is -0.321. The van der Waals surface area contributed by atoms with Gasteiger partial charge in [-0.3, -0.25) is 4.79 Å². The first kappa shape index (κ1) is 7.50. The number of aliphatic hydroxyl groups is 1. The fourth-order valence-electron chi connectivity index (χ4n) is 1.05. The van der Waals surface area contributed by atoms with Crippen LogP contribution >= 0.6 is 0 Å². The Morgan fingerprint density at radius 3 is 2.70 bits per heavy atom. The normalized spacial score (nSPS) is 35.7. The first-order chi connectivity index (χ1) is 4.61. The highest BCUT2D eigenvalue weighted by Crippen LogP contribution is 2.15. The van der Waals surface area contributed by atoms with Crippen LogP contribution in [0.15, 0.2) is 0 Å². The molecule has 0 aliphatic carbocycles. The molecule has 0 amide bonds. The van der Waals surface area contributed by atoms with E-state index in [0.717, 1.165) is 0 Å². The van der Waals surface area contributed by atoms with Crippen LogP contribution in [0.3, 0.4) is 0 Å². The van der Waals surface area contributed by atoms with Crippen LogP contribution in [-0.4, -0.2) is 29.3 Å². The first-order valence-electron chi connectivity index (χ1n) is 3.24. The molecular formula is C6H11NO3. The minimum absolute atomic E-state index is 0.218. The Hall–Kier alpha value is -0.610. The van der Waals surface area contributed by atoms with Crippen molar-refractivity contribution in [3.63, 3.8) is 0 Å². The van der Waals surface area contributed by atoms with Crippen molar-refractivity contribution in [3.8, 4) is 0 Å². The van der Waals surface area contributed by atoms with Gasteiger partial charge in [0.05, 0.1) is 18.6 Å². The van der Waals surface area contributed by atoms with E-state index in [0.29, 0.717) is 0 Å².